The predicted molar refractivity (Wildman–Crippen MR) is 180 cm³/mol. The first kappa shape index (κ1) is 39.2. The van der Waals surface area contributed by atoms with Gasteiger partial charge in [0.25, 0.3) is 0 Å². The summed E-state index contributed by atoms with van der Waals surface area (Å²) in [6.45, 7) is 6.91. The molecule has 0 bridgehead atoms. The fourth-order valence-electron chi connectivity index (χ4n) is 5.69. The molecule has 1 amide bonds. The molecule has 0 atom stereocenters. The standard InChI is InChI=1S/C37H74N2O/c1-3-5-7-9-11-13-15-17-19-20-22-24-26-28-30-32-36-39(37(40)33-34-38)35-31-29-27-25-23-21-18-16-14-12-10-8-6-4-2/h17,19H,3-16,18,20-36,38H2,1-2H3/b19-17-. The Bertz CT molecular complexity index is 518. The molecule has 0 heterocycles. The third kappa shape index (κ3) is 30.1. The zero-order chi connectivity index (χ0) is 29.2. The molecule has 0 rings (SSSR count). The number of amides is 1. The SMILES string of the molecule is CCCCCCCC/C=C\CCCCCCCCN(CCCCCCCCCCCCCCCC)C(=O)CCN. The van der Waals surface area contributed by atoms with Crippen LogP contribution in [0, 0.1) is 0 Å². The topological polar surface area (TPSA) is 46.3 Å². The first-order chi connectivity index (χ1) is 19.8. The van der Waals surface area contributed by atoms with Gasteiger partial charge in [0.15, 0.2) is 0 Å². The smallest absolute Gasteiger partial charge is 0.223 e. The molecule has 0 aliphatic heterocycles. The highest BCUT2D eigenvalue weighted by Crippen LogP contribution is 2.14. The second kappa shape index (κ2) is 34.4. The molecule has 0 fully saturated rings. The maximum atomic E-state index is 12.5. The summed E-state index contributed by atoms with van der Waals surface area (Å²) in [6, 6.07) is 0. The first-order valence-corrected chi connectivity index (χ1v) is 18.4. The lowest BCUT2D eigenvalue weighted by Gasteiger charge is -2.22. The second-order valence-electron chi connectivity index (χ2n) is 12.5. The van der Waals surface area contributed by atoms with Crippen molar-refractivity contribution in [3.05, 3.63) is 12.2 Å². The number of rotatable bonds is 33. The van der Waals surface area contributed by atoms with Crippen molar-refractivity contribution in [1.29, 1.82) is 0 Å². The van der Waals surface area contributed by atoms with Crippen molar-refractivity contribution in [2.75, 3.05) is 19.6 Å². The van der Waals surface area contributed by atoms with Crippen LogP contribution < -0.4 is 5.73 Å². The van der Waals surface area contributed by atoms with Gasteiger partial charge in [0.05, 0.1) is 0 Å². The minimum atomic E-state index is 0.268. The number of unbranched alkanes of at least 4 members (excludes halogenated alkanes) is 25. The predicted octanol–water partition coefficient (Wildman–Crippen LogP) is 11.7. The summed E-state index contributed by atoms with van der Waals surface area (Å²) in [4.78, 5) is 14.7. The highest BCUT2D eigenvalue weighted by atomic mass is 16.2. The lowest BCUT2D eigenvalue weighted by Crippen LogP contribution is -2.34. The molecule has 0 unspecified atom stereocenters. The Balaban J connectivity index is 3.64. The molecule has 0 aromatic heterocycles. The van der Waals surface area contributed by atoms with E-state index >= 15 is 0 Å². The molecule has 0 radical (unpaired) electrons. The Morgan fingerprint density at radius 3 is 1.10 bits per heavy atom. The van der Waals surface area contributed by atoms with Gasteiger partial charge in [-0.2, -0.15) is 0 Å². The molecule has 0 spiro atoms. The summed E-state index contributed by atoms with van der Waals surface area (Å²) in [5.41, 5.74) is 5.69. The Hall–Kier alpha value is -0.830. The molecule has 3 heteroatoms. The van der Waals surface area contributed by atoms with Crippen molar-refractivity contribution in [3.63, 3.8) is 0 Å². The largest absolute Gasteiger partial charge is 0.343 e. The van der Waals surface area contributed by atoms with Crippen molar-refractivity contribution >= 4 is 5.91 Å². The van der Waals surface area contributed by atoms with E-state index in [1.807, 2.05) is 0 Å². The van der Waals surface area contributed by atoms with Gasteiger partial charge in [-0.1, -0.05) is 167 Å². The lowest BCUT2D eigenvalue weighted by molar-refractivity contribution is -0.131. The van der Waals surface area contributed by atoms with Crippen molar-refractivity contribution in [2.45, 2.75) is 200 Å². The maximum absolute atomic E-state index is 12.5. The zero-order valence-electron chi connectivity index (χ0n) is 27.7. The summed E-state index contributed by atoms with van der Waals surface area (Å²) < 4.78 is 0. The monoisotopic (exact) mass is 563 g/mol. The highest BCUT2D eigenvalue weighted by Gasteiger charge is 2.11. The van der Waals surface area contributed by atoms with Crippen molar-refractivity contribution in [3.8, 4) is 0 Å². The fraction of sp³-hybridized carbons (Fsp3) is 0.919. The molecule has 0 aromatic carbocycles. The highest BCUT2D eigenvalue weighted by molar-refractivity contribution is 5.76. The van der Waals surface area contributed by atoms with Crippen molar-refractivity contribution in [2.24, 2.45) is 5.73 Å². The van der Waals surface area contributed by atoms with E-state index in [2.05, 4.69) is 30.9 Å². The summed E-state index contributed by atoms with van der Waals surface area (Å²) in [7, 11) is 0. The molecule has 0 saturated carbocycles. The number of allylic oxidation sites excluding steroid dienone is 2. The number of hydrogen-bond donors (Lipinski definition) is 1. The molecule has 238 valence electrons. The van der Waals surface area contributed by atoms with E-state index in [-0.39, 0.29) is 5.91 Å². The Morgan fingerprint density at radius 1 is 0.475 bits per heavy atom. The molecule has 0 aliphatic rings. The number of hydrogen-bond acceptors (Lipinski definition) is 2. The van der Waals surface area contributed by atoms with E-state index in [4.69, 9.17) is 5.73 Å². The van der Waals surface area contributed by atoms with Crippen LogP contribution in [0.1, 0.15) is 200 Å². The van der Waals surface area contributed by atoms with Crippen LogP contribution in [0.2, 0.25) is 0 Å². The summed E-state index contributed by atoms with van der Waals surface area (Å²) in [6.07, 6.45) is 43.2. The average molecular weight is 563 g/mol. The Kier molecular flexibility index (Phi) is 33.7. The number of nitrogens with zero attached hydrogens (tertiary/aromatic N) is 1. The number of nitrogens with two attached hydrogens (primary N) is 1. The van der Waals surface area contributed by atoms with Gasteiger partial charge in [-0.05, 0) is 38.5 Å². The summed E-state index contributed by atoms with van der Waals surface area (Å²) in [5.74, 6) is 0.268. The molecular formula is C37H74N2O. The molecule has 0 saturated heterocycles. The van der Waals surface area contributed by atoms with Crippen LogP contribution in [0.5, 0.6) is 0 Å². The van der Waals surface area contributed by atoms with Crippen LogP contribution in [0.15, 0.2) is 12.2 Å². The van der Waals surface area contributed by atoms with E-state index in [1.165, 1.54) is 167 Å². The van der Waals surface area contributed by atoms with Crippen LogP contribution in [0.3, 0.4) is 0 Å². The van der Waals surface area contributed by atoms with Gasteiger partial charge in [-0.25, -0.2) is 0 Å². The molecular weight excluding hydrogens is 488 g/mol. The third-order valence-electron chi connectivity index (χ3n) is 8.43. The Labute approximate surface area is 252 Å². The normalized spacial score (nSPS) is 11.6. The third-order valence-corrected chi connectivity index (χ3v) is 8.43. The molecule has 0 aliphatic carbocycles. The quantitative estimate of drug-likeness (QED) is 0.0638. The molecule has 3 nitrogen and oxygen atoms in total. The van der Waals surface area contributed by atoms with E-state index < -0.39 is 0 Å². The lowest BCUT2D eigenvalue weighted by atomic mass is 10.0. The fourth-order valence-corrected chi connectivity index (χ4v) is 5.69. The maximum Gasteiger partial charge on any atom is 0.223 e. The molecule has 2 N–H and O–H groups in total. The van der Waals surface area contributed by atoms with E-state index in [0.29, 0.717) is 13.0 Å². The molecule has 0 aromatic rings. The number of carbonyl (C=O) groups excluding carboxylic acids is 1. The minimum absolute atomic E-state index is 0.268. The van der Waals surface area contributed by atoms with Crippen LogP contribution in [-0.2, 0) is 4.79 Å². The summed E-state index contributed by atoms with van der Waals surface area (Å²) >= 11 is 0. The zero-order valence-corrected chi connectivity index (χ0v) is 27.7. The van der Waals surface area contributed by atoms with Crippen molar-refractivity contribution < 1.29 is 4.79 Å². The Morgan fingerprint density at radius 2 is 0.775 bits per heavy atom. The van der Waals surface area contributed by atoms with Gasteiger partial charge in [-0.15, -0.1) is 0 Å². The van der Waals surface area contributed by atoms with Crippen LogP contribution in [-0.4, -0.2) is 30.4 Å². The number of carbonyl (C=O) groups is 1. The second-order valence-corrected chi connectivity index (χ2v) is 12.5. The van der Waals surface area contributed by atoms with Gasteiger partial charge < -0.3 is 10.6 Å². The average Bonchev–Trinajstić information content (AvgIpc) is 2.96. The van der Waals surface area contributed by atoms with Gasteiger partial charge in [0.1, 0.15) is 0 Å². The molecule has 40 heavy (non-hydrogen) atoms. The minimum Gasteiger partial charge on any atom is -0.343 e. The first-order valence-electron chi connectivity index (χ1n) is 18.4. The van der Waals surface area contributed by atoms with Gasteiger partial charge >= 0.3 is 0 Å². The van der Waals surface area contributed by atoms with Crippen LogP contribution in [0.4, 0.5) is 0 Å². The summed E-state index contributed by atoms with van der Waals surface area (Å²) in [5, 5.41) is 0. The van der Waals surface area contributed by atoms with E-state index in [9.17, 15) is 4.79 Å². The van der Waals surface area contributed by atoms with Crippen LogP contribution in [0.25, 0.3) is 0 Å². The van der Waals surface area contributed by atoms with Gasteiger partial charge in [-0.3, -0.25) is 4.79 Å². The van der Waals surface area contributed by atoms with E-state index in [0.717, 1.165) is 25.9 Å². The van der Waals surface area contributed by atoms with Crippen LogP contribution >= 0.6 is 0 Å². The van der Waals surface area contributed by atoms with Gasteiger partial charge in [0, 0.05) is 26.1 Å². The van der Waals surface area contributed by atoms with Gasteiger partial charge in [0.2, 0.25) is 5.91 Å². The van der Waals surface area contributed by atoms with E-state index in [1.54, 1.807) is 0 Å². The van der Waals surface area contributed by atoms with Crippen molar-refractivity contribution in [1.82, 2.24) is 4.90 Å².